The van der Waals surface area contributed by atoms with Crippen LogP contribution in [0.15, 0.2) is 42.0 Å². The molecule has 0 saturated carbocycles. The fraction of sp³-hybridized carbons (Fsp3) is 0.474. The first-order valence-electron chi connectivity index (χ1n) is 8.83. The first kappa shape index (κ1) is 16.7. The number of pyridine rings is 1. The summed E-state index contributed by atoms with van der Waals surface area (Å²) in [4.78, 5) is 22.9. The fourth-order valence-electron chi connectivity index (χ4n) is 3.73. The molecule has 6 heteroatoms. The molecule has 2 saturated heterocycles. The van der Waals surface area contributed by atoms with Crippen LogP contribution < -0.4 is 0 Å². The smallest absolute Gasteiger partial charge is 0.228 e. The number of piperidine rings is 1. The Hall–Kier alpha value is -1.76. The molecule has 4 heterocycles. The van der Waals surface area contributed by atoms with Crippen LogP contribution >= 0.6 is 11.3 Å². The monoisotopic (exact) mass is 357 g/mol. The van der Waals surface area contributed by atoms with Crippen molar-refractivity contribution in [3.8, 4) is 0 Å². The number of thiophene rings is 1. The number of nitrogens with zero attached hydrogens (tertiary/aromatic N) is 3. The van der Waals surface area contributed by atoms with Gasteiger partial charge in [-0.1, -0.05) is 12.1 Å². The molecule has 0 aromatic carbocycles. The van der Waals surface area contributed by atoms with Gasteiger partial charge in [0.05, 0.1) is 18.6 Å². The van der Waals surface area contributed by atoms with Crippen LogP contribution in [0.3, 0.4) is 0 Å². The standard InChI is InChI=1S/C19H23N3O2S/c23-19-17-5-7-21(13-16-4-2-10-25-16)14-18(17)24-9-8-22(19)12-15-3-1-6-20-11-15/h1-4,6,10-11,17-18H,5,7-9,12-14H2/t17-,18+/m1/s1. The molecule has 0 spiro atoms. The van der Waals surface area contributed by atoms with Gasteiger partial charge in [-0.15, -0.1) is 11.3 Å². The molecule has 0 bridgehead atoms. The zero-order valence-electron chi connectivity index (χ0n) is 14.2. The SMILES string of the molecule is O=C1[C@@H]2CCN(Cc3cccs3)C[C@@H]2OCCN1Cc1cccnc1. The Morgan fingerprint density at radius 2 is 2.20 bits per heavy atom. The van der Waals surface area contributed by atoms with Gasteiger partial charge >= 0.3 is 0 Å². The highest BCUT2D eigenvalue weighted by atomic mass is 32.1. The highest BCUT2D eigenvalue weighted by Gasteiger charge is 2.39. The minimum absolute atomic E-state index is 0.0140. The Kier molecular flexibility index (Phi) is 5.10. The van der Waals surface area contributed by atoms with Crippen LogP contribution in [0.4, 0.5) is 0 Å². The van der Waals surface area contributed by atoms with E-state index in [2.05, 4.69) is 27.4 Å². The molecule has 0 unspecified atom stereocenters. The van der Waals surface area contributed by atoms with Gasteiger partial charge in [0, 0.05) is 43.4 Å². The van der Waals surface area contributed by atoms with E-state index in [-0.39, 0.29) is 17.9 Å². The molecule has 2 aliphatic rings. The maximum Gasteiger partial charge on any atom is 0.228 e. The van der Waals surface area contributed by atoms with E-state index in [9.17, 15) is 4.79 Å². The van der Waals surface area contributed by atoms with Crippen LogP contribution in [0.1, 0.15) is 16.9 Å². The zero-order chi connectivity index (χ0) is 17.1. The van der Waals surface area contributed by atoms with Crippen molar-refractivity contribution in [1.82, 2.24) is 14.8 Å². The van der Waals surface area contributed by atoms with Crippen molar-refractivity contribution in [2.75, 3.05) is 26.2 Å². The number of hydrogen-bond acceptors (Lipinski definition) is 5. The normalized spacial score (nSPS) is 24.8. The van der Waals surface area contributed by atoms with Crippen molar-refractivity contribution in [2.45, 2.75) is 25.6 Å². The second-order valence-electron chi connectivity index (χ2n) is 6.74. The highest BCUT2D eigenvalue weighted by Crippen LogP contribution is 2.27. The van der Waals surface area contributed by atoms with E-state index in [1.54, 1.807) is 17.5 Å². The largest absolute Gasteiger partial charge is 0.374 e. The van der Waals surface area contributed by atoms with Crippen molar-refractivity contribution < 1.29 is 9.53 Å². The molecule has 25 heavy (non-hydrogen) atoms. The van der Waals surface area contributed by atoms with Crippen LogP contribution in [0.2, 0.25) is 0 Å². The second-order valence-corrected chi connectivity index (χ2v) is 7.77. The Labute approximate surface area is 152 Å². The molecule has 0 aliphatic carbocycles. The van der Waals surface area contributed by atoms with Gasteiger partial charge < -0.3 is 9.64 Å². The van der Waals surface area contributed by atoms with Crippen LogP contribution in [0, 0.1) is 5.92 Å². The number of amides is 1. The first-order chi connectivity index (χ1) is 12.3. The van der Waals surface area contributed by atoms with Gasteiger partial charge in [0.15, 0.2) is 0 Å². The number of ether oxygens (including phenoxy) is 1. The molecular weight excluding hydrogens is 334 g/mol. The van der Waals surface area contributed by atoms with Crippen LogP contribution in [0.25, 0.3) is 0 Å². The van der Waals surface area contributed by atoms with E-state index < -0.39 is 0 Å². The minimum Gasteiger partial charge on any atom is -0.374 e. The van der Waals surface area contributed by atoms with Crippen LogP contribution in [0.5, 0.6) is 0 Å². The van der Waals surface area contributed by atoms with Crippen molar-refractivity contribution >= 4 is 17.2 Å². The molecule has 2 aromatic heterocycles. The average Bonchev–Trinajstić information content (AvgIpc) is 3.09. The van der Waals surface area contributed by atoms with E-state index in [0.717, 1.165) is 31.6 Å². The van der Waals surface area contributed by atoms with Gasteiger partial charge in [-0.2, -0.15) is 0 Å². The van der Waals surface area contributed by atoms with Gasteiger partial charge in [-0.25, -0.2) is 0 Å². The van der Waals surface area contributed by atoms with E-state index in [4.69, 9.17) is 4.74 Å². The predicted molar refractivity (Wildman–Crippen MR) is 97.1 cm³/mol. The second kappa shape index (κ2) is 7.64. The molecule has 2 aliphatic heterocycles. The number of aromatic nitrogens is 1. The van der Waals surface area contributed by atoms with Crippen molar-refractivity contribution in [3.63, 3.8) is 0 Å². The molecule has 4 rings (SSSR count). The Morgan fingerprint density at radius 1 is 1.24 bits per heavy atom. The molecule has 0 radical (unpaired) electrons. The minimum atomic E-state index is -0.0150. The Morgan fingerprint density at radius 3 is 3.00 bits per heavy atom. The maximum absolute atomic E-state index is 13.0. The van der Waals surface area contributed by atoms with Gasteiger partial charge in [-0.3, -0.25) is 14.7 Å². The fourth-order valence-corrected chi connectivity index (χ4v) is 4.47. The number of hydrogen-bond donors (Lipinski definition) is 0. The van der Waals surface area contributed by atoms with Gasteiger partial charge in [0.25, 0.3) is 0 Å². The molecule has 132 valence electrons. The van der Waals surface area contributed by atoms with Crippen LogP contribution in [-0.4, -0.2) is 53.0 Å². The topological polar surface area (TPSA) is 45.7 Å². The summed E-state index contributed by atoms with van der Waals surface area (Å²) in [6.45, 7) is 4.64. The van der Waals surface area contributed by atoms with Crippen molar-refractivity contribution in [2.24, 2.45) is 5.92 Å². The summed E-state index contributed by atoms with van der Waals surface area (Å²) in [6.07, 6.45) is 4.48. The van der Waals surface area contributed by atoms with Crippen LogP contribution in [-0.2, 0) is 22.6 Å². The van der Waals surface area contributed by atoms with Gasteiger partial charge in [-0.05, 0) is 36.0 Å². The number of fused-ring (bicyclic) bond motifs is 1. The summed E-state index contributed by atoms with van der Waals surface area (Å²) >= 11 is 1.79. The Bertz CT molecular complexity index is 692. The summed E-state index contributed by atoms with van der Waals surface area (Å²) in [5, 5.41) is 2.12. The van der Waals surface area contributed by atoms with Crippen molar-refractivity contribution in [1.29, 1.82) is 0 Å². The lowest BCUT2D eigenvalue weighted by Crippen LogP contribution is -2.48. The lowest BCUT2D eigenvalue weighted by Gasteiger charge is -2.37. The molecule has 5 nitrogen and oxygen atoms in total. The van der Waals surface area contributed by atoms with E-state index in [0.29, 0.717) is 19.7 Å². The summed E-state index contributed by atoms with van der Waals surface area (Å²) < 4.78 is 6.08. The summed E-state index contributed by atoms with van der Waals surface area (Å²) in [7, 11) is 0. The highest BCUT2D eigenvalue weighted by molar-refractivity contribution is 7.09. The third kappa shape index (κ3) is 3.92. The number of carbonyl (C=O) groups is 1. The third-order valence-corrected chi connectivity index (χ3v) is 5.88. The molecule has 2 fully saturated rings. The van der Waals surface area contributed by atoms with E-state index in [1.165, 1.54) is 4.88 Å². The summed E-state index contributed by atoms with van der Waals surface area (Å²) in [5.74, 6) is 0.223. The van der Waals surface area contributed by atoms with Gasteiger partial charge in [0.2, 0.25) is 5.91 Å². The zero-order valence-corrected chi connectivity index (χ0v) is 15.0. The van der Waals surface area contributed by atoms with E-state index >= 15 is 0 Å². The lowest BCUT2D eigenvalue weighted by molar-refractivity contribution is -0.139. The first-order valence-corrected chi connectivity index (χ1v) is 9.71. The molecule has 2 atom stereocenters. The van der Waals surface area contributed by atoms with Crippen molar-refractivity contribution in [3.05, 3.63) is 52.5 Å². The maximum atomic E-state index is 13.0. The number of carbonyl (C=O) groups excluding carboxylic acids is 1. The lowest BCUT2D eigenvalue weighted by atomic mass is 9.92. The number of likely N-dealkylation sites (tertiary alicyclic amines) is 1. The quantitative estimate of drug-likeness (QED) is 0.843. The predicted octanol–water partition coefficient (Wildman–Crippen LogP) is 2.39. The summed E-state index contributed by atoms with van der Waals surface area (Å²) in [6, 6.07) is 8.20. The molecular formula is C19H23N3O2S. The Balaban J connectivity index is 1.40. The molecule has 0 N–H and O–H groups in total. The summed E-state index contributed by atoms with van der Waals surface area (Å²) in [5.41, 5.74) is 1.07. The average molecular weight is 357 g/mol. The molecule has 1 amide bonds. The van der Waals surface area contributed by atoms with E-state index in [1.807, 2.05) is 23.2 Å². The van der Waals surface area contributed by atoms with Gasteiger partial charge in [0.1, 0.15) is 0 Å². The third-order valence-electron chi connectivity index (χ3n) is 5.02. The number of rotatable bonds is 4. The molecule has 2 aromatic rings.